The van der Waals surface area contributed by atoms with Crippen molar-refractivity contribution < 1.29 is 14.7 Å². The van der Waals surface area contributed by atoms with Crippen molar-refractivity contribution in [3.63, 3.8) is 0 Å². The lowest BCUT2D eigenvalue weighted by Gasteiger charge is -2.30. The fourth-order valence-electron chi connectivity index (χ4n) is 1.31. The van der Waals surface area contributed by atoms with Crippen LogP contribution < -0.4 is 0 Å². The van der Waals surface area contributed by atoms with Crippen LogP contribution in [0.1, 0.15) is 19.4 Å². The first-order valence-corrected chi connectivity index (χ1v) is 6.08. The van der Waals surface area contributed by atoms with Crippen molar-refractivity contribution in [1.29, 1.82) is 0 Å². The number of carbonyl (C=O) groups excluding carboxylic acids is 1. The standard InChI is InChI=1S/C14H16ClNO3/c1-14(2,13(18)19)16(3)12(17)8-7-10-5-4-6-11(15)9-10/h4-9H,1-3H3,(H,18,19). The first-order chi connectivity index (χ1) is 8.75. The van der Waals surface area contributed by atoms with Gasteiger partial charge in [-0.2, -0.15) is 0 Å². The smallest absolute Gasteiger partial charge is 0.329 e. The van der Waals surface area contributed by atoms with Gasteiger partial charge in [0.25, 0.3) is 0 Å². The van der Waals surface area contributed by atoms with Crippen LogP contribution >= 0.6 is 11.6 Å². The second-order valence-corrected chi connectivity index (χ2v) is 5.09. The van der Waals surface area contributed by atoms with Crippen LogP contribution in [-0.2, 0) is 9.59 Å². The molecule has 0 aliphatic heterocycles. The molecule has 1 N–H and O–H groups in total. The van der Waals surface area contributed by atoms with E-state index in [0.29, 0.717) is 5.02 Å². The predicted molar refractivity (Wildman–Crippen MR) is 75.0 cm³/mol. The number of likely N-dealkylation sites (N-methyl/N-ethyl adjacent to an activating group) is 1. The summed E-state index contributed by atoms with van der Waals surface area (Å²) in [5, 5.41) is 9.62. The Morgan fingerprint density at radius 1 is 1.37 bits per heavy atom. The van der Waals surface area contributed by atoms with Crippen LogP contribution in [0, 0.1) is 0 Å². The highest BCUT2D eigenvalue weighted by atomic mass is 35.5. The molecule has 19 heavy (non-hydrogen) atoms. The van der Waals surface area contributed by atoms with Gasteiger partial charge in [0, 0.05) is 18.1 Å². The fraction of sp³-hybridized carbons (Fsp3) is 0.286. The predicted octanol–water partition coefficient (Wildman–Crippen LogP) is 2.67. The summed E-state index contributed by atoms with van der Waals surface area (Å²) in [7, 11) is 1.46. The number of amides is 1. The van der Waals surface area contributed by atoms with Crippen molar-refractivity contribution in [2.24, 2.45) is 0 Å². The number of halogens is 1. The minimum atomic E-state index is -1.25. The minimum absolute atomic E-state index is 0.382. The lowest BCUT2D eigenvalue weighted by atomic mass is 10.0. The van der Waals surface area contributed by atoms with Gasteiger partial charge in [-0.15, -0.1) is 0 Å². The van der Waals surface area contributed by atoms with Gasteiger partial charge in [0.05, 0.1) is 0 Å². The monoisotopic (exact) mass is 281 g/mol. The van der Waals surface area contributed by atoms with Crippen molar-refractivity contribution in [2.75, 3.05) is 7.05 Å². The van der Waals surface area contributed by atoms with E-state index in [1.165, 1.54) is 31.9 Å². The molecule has 0 bridgehead atoms. The number of aliphatic carboxylic acids is 1. The Hall–Kier alpha value is -1.81. The minimum Gasteiger partial charge on any atom is -0.480 e. The summed E-state index contributed by atoms with van der Waals surface area (Å²) in [6.07, 6.45) is 2.93. The average Bonchev–Trinajstić information content (AvgIpc) is 2.34. The normalized spacial score (nSPS) is 11.6. The maximum Gasteiger partial charge on any atom is 0.329 e. The maximum absolute atomic E-state index is 11.9. The Balaban J connectivity index is 2.83. The number of hydrogen-bond acceptors (Lipinski definition) is 2. The molecule has 1 aromatic rings. The van der Waals surface area contributed by atoms with E-state index in [0.717, 1.165) is 5.56 Å². The largest absolute Gasteiger partial charge is 0.480 e. The van der Waals surface area contributed by atoms with Gasteiger partial charge < -0.3 is 10.0 Å². The number of carbonyl (C=O) groups is 2. The second-order valence-electron chi connectivity index (χ2n) is 4.65. The molecule has 0 unspecified atom stereocenters. The second kappa shape index (κ2) is 5.89. The lowest BCUT2D eigenvalue weighted by molar-refractivity contribution is -0.153. The molecule has 1 rings (SSSR count). The number of carboxylic acid groups (broad SMARTS) is 1. The fourth-order valence-corrected chi connectivity index (χ4v) is 1.51. The number of rotatable bonds is 4. The van der Waals surface area contributed by atoms with E-state index in [2.05, 4.69) is 0 Å². The van der Waals surface area contributed by atoms with Gasteiger partial charge in [0.15, 0.2) is 0 Å². The Morgan fingerprint density at radius 3 is 2.53 bits per heavy atom. The zero-order valence-electron chi connectivity index (χ0n) is 11.1. The third-order valence-electron chi connectivity index (χ3n) is 2.96. The van der Waals surface area contributed by atoms with Crippen LogP contribution in [-0.4, -0.2) is 34.5 Å². The van der Waals surface area contributed by atoms with Gasteiger partial charge >= 0.3 is 5.97 Å². The van der Waals surface area contributed by atoms with Crippen LogP contribution in [0.15, 0.2) is 30.3 Å². The van der Waals surface area contributed by atoms with Crippen molar-refractivity contribution >= 4 is 29.6 Å². The first-order valence-electron chi connectivity index (χ1n) is 5.70. The zero-order chi connectivity index (χ0) is 14.6. The molecule has 0 heterocycles. The van der Waals surface area contributed by atoms with Gasteiger partial charge in [0.2, 0.25) is 5.91 Å². The van der Waals surface area contributed by atoms with Crippen molar-refractivity contribution in [1.82, 2.24) is 4.90 Å². The molecule has 5 heteroatoms. The van der Waals surface area contributed by atoms with Gasteiger partial charge in [-0.3, -0.25) is 4.79 Å². The number of carboxylic acids is 1. The molecular formula is C14H16ClNO3. The van der Waals surface area contributed by atoms with Crippen LogP contribution in [0.3, 0.4) is 0 Å². The van der Waals surface area contributed by atoms with E-state index < -0.39 is 11.5 Å². The molecule has 0 fully saturated rings. The van der Waals surface area contributed by atoms with Crippen LogP contribution in [0.25, 0.3) is 6.08 Å². The maximum atomic E-state index is 11.9. The van der Waals surface area contributed by atoms with Crippen molar-refractivity contribution in [3.05, 3.63) is 40.9 Å². The Kier molecular flexibility index (Phi) is 4.72. The zero-order valence-corrected chi connectivity index (χ0v) is 11.8. The highest BCUT2D eigenvalue weighted by Gasteiger charge is 2.34. The molecule has 4 nitrogen and oxygen atoms in total. The molecule has 102 valence electrons. The van der Waals surface area contributed by atoms with Crippen LogP contribution in [0.2, 0.25) is 5.02 Å². The summed E-state index contributed by atoms with van der Waals surface area (Å²) in [4.78, 5) is 24.1. The molecule has 0 aromatic heterocycles. The summed E-state index contributed by atoms with van der Waals surface area (Å²) < 4.78 is 0. The molecule has 0 spiro atoms. The van der Waals surface area contributed by atoms with E-state index in [1.54, 1.807) is 30.3 Å². The molecule has 0 saturated carbocycles. The van der Waals surface area contributed by atoms with E-state index in [1.807, 2.05) is 0 Å². The molecule has 1 amide bonds. The van der Waals surface area contributed by atoms with Gasteiger partial charge in [-0.25, -0.2) is 4.79 Å². The summed E-state index contributed by atoms with van der Waals surface area (Å²) in [6, 6.07) is 7.03. The molecule has 0 atom stereocenters. The van der Waals surface area contributed by atoms with Gasteiger partial charge in [-0.05, 0) is 37.6 Å². The number of hydrogen-bond donors (Lipinski definition) is 1. The average molecular weight is 282 g/mol. The third-order valence-corrected chi connectivity index (χ3v) is 3.19. The highest BCUT2D eigenvalue weighted by molar-refractivity contribution is 6.30. The molecular weight excluding hydrogens is 266 g/mol. The molecule has 0 radical (unpaired) electrons. The Bertz CT molecular complexity index is 523. The van der Waals surface area contributed by atoms with E-state index >= 15 is 0 Å². The van der Waals surface area contributed by atoms with Gasteiger partial charge in [0.1, 0.15) is 5.54 Å². The molecule has 1 aromatic carbocycles. The Labute approximate surface area is 117 Å². The topological polar surface area (TPSA) is 57.6 Å². The first kappa shape index (κ1) is 15.2. The van der Waals surface area contributed by atoms with Crippen molar-refractivity contribution in [3.8, 4) is 0 Å². The number of benzene rings is 1. The number of nitrogens with zero attached hydrogens (tertiary/aromatic N) is 1. The molecule has 0 aliphatic rings. The quantitative estimate of drug-likeness (QED) is 0.863. The van der Waals surface area contributed by atoms with Crippen LogP contribution in [0.4, 0.5) is 0 Å². The van der Waals surface area contributed by atoms with E-state index in [4.69, 9.17) is 16.7 Å². The summed E-state index contributed by atoms with van der Waals surface area (Å²) in [5.41, 5.74) is -0.474. The Morgan fingerprint density at radius 2 is 2.00 bits per heavy atom. The summed E-state index contributed by atoms with van der Waals surface area (Å²) in [6.45, 7) is 2.95. The highest BCUT2D eigenvalue weighted by Crippen LogP contribution is 2.15. The lowest BCUT2D eigenvalue weighted by Crippen LogP contribution is -2.50. The van der Waals surface area contributed by atoms with Crippen LogP contribution in [0.5, 0.6) is 0 Å². The SMILES string of the molecule is CN(C(=O)C=Cc1cccc(Cl)c1)C(C)(C)C(=O)O. The molecule has 0 aliphatic carbocycles. The third kappa shape index (κ3) is 3.83. The van der Waals surface area contributed by atoms with E-state index in [9.17, 15) is 9.59 Å². The van der Waals surface area contributed by atoms with Gasteiger partial charge in [-0.1, -0.05) is 23.7 Å². The summed E-state index contributed by atoms with van der Waals surface area (Å²) in [5.74, 6) is -1.44. The van der Waals surface area contributed by atoms with E-state index in [-0.39, 0.29) is 5.91 Å². The molecule has 0 saturated heterocycles. The summed E-state index contributed by atoms with van der Waals surface area (Å²) >= 11 is 5.83. The van der Waals surface area contributed by atoms with Crippen molar-refractivity contribution in [2.45, 2.75) is 19.4 Å².